The van der Waals surface area contributed by atoms with Gasteiger partial charge in [-0.15, -0.1) is 0 Å². The van der Waals surface area contributed by atoms with Crippen molar-refractivity contribution >= 4 is 11.6 Å². The third kappa shape index (κ3) is 2.00. The highest BCUT2D eigenvalue weighted by Crippen LogP contribution is 2.62. The van der Waals surface area contributed by atoms with Crippen molar-refractivity contribution in [3.05, 3.63) is 118 Å². The molecule has 0 aromatic heterocycles. The molecule has 4 aromatic carbocycles. The molecule has 1 heterocycles. The Kier molecular flexibility index (Phi) is 3.25. The van der Waals surface area contributed by atoms with Gasteiger partial charge < -0.3 is 4.74 Å². The maximum atomic E-state index is 9.49. The Hall–Kier alpha value is -3.54. The molecule has 0 amide bonds. The third-order valence-electron chi connectivity index (χ3n) is 6.03. The Balaban J connectivity index is 1.84. The van der Waals surface area contributed by atoms with Crippen molar-refractivity contribution in [2.45, 2.75) is 5.41 Å². The molecule has 2 aliphatic rings. The Morgan fingerprint density at radius 2 is 1.28 bits per heavy atom. The van der Waals surface area contributed by atoms with E-state index in [2.05, 4.69) is 42.5 Å². The minimum Gasteiger partial charge on any atom is -0.457 e. The Bertz CT molecular complexity index is 1320. The summed E-state index contributed by atoms with van der Waals surface area (Å²) in [6.45, 7) is 0. The van der Waals surface area contributed by atoms with Gasteiger partial charge in [-0.05, 0) is 58.7 Å². The van der Waals surface area contributed by atoms with E-state index < -0.39 is 5.41 Å². The molecule has 1 aliphatic carbocycles. The van der Waals surface area contributed by atoms with Crippen LogP contribution in [0.3, 0.4) is 0 Å². The van der Waals surface area contributed by atoms with Crippen molar-refractivity contribution in [3.63, 3.8) is 0 Å². The lowest BCUT2D eigenvalue weighted by Gasteiger charge is -2.39. The van der Waals surface area contributed by atoms with E-state index in [9.17, 15) is 5.26 Å². The van der Waals surface area contributed by atoms with Gasteiger partial charge in [-0.1, -0.05) is 60.1 Å². The standard InChI is InChI=1S/C26H14ClNO/c27-17-10-12-21-19(14-17)18-13-16(15-28)9-11-20(18)26(21)22-5-1-3-7-24(22)29-25-8-4-2-6-23(25)26/h1-14H. The molecule has 0 radical (unpaired) electrons. The van der Waals surface area contributed by atoms with Gasteiger partial charge in [-0.3, -0.25) is 0 Å². The van der Waals surface area contributed by atoms with Gasteiger partial charge in [0.1, 0.15) is 11.5 Å². The summed E-state index contributed by atoms with van der Waals surface area (Å²) in [4.78, 5) is 0. The maximum absolute atomic E-state index is 9.49. The third-order valence-corrected chi connectivity index (χ3v) is 6.27. The molecule has 3 heteroatoms. The zero-order valence-electron chi connectivity index (χ0n) is 15.3. The van der Waals surface area contributed by atoms with Gasteiger partial charge in [-0.2, -0.15) is 5.26 Å². The molecule has 0 unspecified atom stereocenters. The molecule has 0 N–H and O–H groups in total. The van der Waals surface area contributed by atoms with E-state index >= 15 is 0 Å². The normalized spacial score (nSPS) is 14.2. The van der Waals surface area contributed by atoms with Crippen LogP contribution in [-0.4, -0.2) is 0 Å². The predicted molar refractivity (Wildman–Crippen MR) is 114 cm³/mol. The number of para-hydroxylation sites is 2. The Morgan fingerprint density at radius 1 is 0.690 bits per heavy atom. The Morgan fingerprint density at radius 3 is 1.93 bits per heavy atom. The number of halogens is 1. The lowest BCUT2D eigenvalue weighted by atomic mass is 9.66. The fourth-order valence-corrected chi connectivity index (χ4v) is 5.12. The van der Waals surface area contributed by atoms with E-state index in [0.717, 1.165) is 44.9 Å². The topological polar surface area (TPSA) is 33.0 Å². The number of nitrogens with zero attached hydrogens (tertiary/aromatic N) is 1. The SMILES string of the molecule is N#Cc1ccc2c(c1)-c1cc(Cl)ccc1C21c2ccccc2Oc2ccccc21. The first-order valence-electron chi connectivity index (χ1n) is 9.45. The van der Waals surface area contributed by atoms with Crippen LogP contribution in [0.2, 0.25) is 5.02 Å². The number of hydrogen-bond acceptors (Lipinski definition) is 2. The van der Waals surface area contributed by atoms with Crippen LogP contribution in [0.5, 0.6) is 11.5 Å². The van der Waals surface area contributed by atoms with Crippen LogP contribution in [-0.2, 0) is 5.41 Å². The van der Waals surface area contributed by atoms with Gasteiger partial charge in [0.05, 0.1) is 17.0 Å². The quantitative estimate of drug-likeness (QED) is 0.289. The highest BCUT2D eigenvalue weighted by molar-refractivity contribution is 6.31. The van der Waals surface area contributed by atoms with Crippen molar-refractivity contribution in [2.24, 2.45) is 0 Å². The number of rotatable bonds is 0. The van der Waals surface area contributed by atoms with Crippen molar-refractivity contribution in [1.29, 1.82) is 5.26 Å². The van der Waals surface area contributed by atoms with Gasteiger partial charge in [0.2, 0.25) is 0 Å². The van der Waals surface area contributed by atoms with Crippen molar-refractivity contribution in [2.75, 3.05) is 0 Å². The summed E-state index contributed by atoms with van der Waals surface area (Å²) in [6.07, 6.45) is 0. The minimum atomic E-state index is -0.505. The lowest BCUT2D eigenvalue weighted by molar-refractivity contribution is 0.436. The van der Waals surface area contributed by atoms with E-state index in [-0.39, 0.29) is 0 Å². The summed E-state index contributed by atoms with van der Waals surface area (Å²) < 4.78 is 6.28. The number of benzene rings is 4. The number of fused-ring (bicyclic) bond motifs is 9. The van der Waals surface area contributed by atoms with Crippen molar-refractivity contribution < 1.29 is 4.74 Å². The van der Waals surface area contributed by atoms with Gasteiger partial charge in [0.15, 0.2) is 0 Å². The monoisotopic (exact) mass is 391 g/mol. The van der Waals surface area contributed by atoms with Gasteiger partial charge in [0, 0.05) is 16.1 Å². The Labute approximate surface area is 173 Å². The van der Waals surface area contributed by atoms with E-state index in [4.69, 9.17) is 16.3 Å². The molecule has 1 spiro atoms. The summed E-state index contributed by atoms with van der Waals surface area (Å²) in [5.41, 5.74) is 6.77. The fourth-order valence-electron chi connectivity index (χ4n) is 4.95. The first-order chi connectivity index (χ1) is 14.2. The average Bonchev–Trinajstić information content (AvgIpc) is 3.04. The first kappa shape index (κ1) is 16.4. The first-order valence-corrected chi connectivity index (χ1v) is 9.83. The fraction of sp³-hybridized carbons (Fsp3) is 0.0385. The molecule has 2 nitrogen and oxygen atoms in total. The molecule has 29 heavy (non-hydrogen) atoms. The summed E-state index contributed by atoms with van der Waals surface area (Å²) in [6, 6.07) is 30.7. The maximum Gasteiger partial charge on any atom is 0.132 e. The second-order valence-corrected chi connectivity index (χ2v) is 7.84. The largest absolute Gasteiger partial charge is 0.457 e. The van der Waals surface area contributed by atoms with Crippen LogP contribution in [0, 0.1) is 11.3 Å². The summed E-state index contributed by atoms with van der Waals surface area (Å²) in [5.74, 6) is 1.70. The number of hydrogen-bond donors (Lipinski definition) is 0. The molecule has 0 fully saturated rings. The van der Waals surface area contributed by atoms with E-state index in [0.29, 0.717) is 10.6 Å². The van der Waals surface area contributed by atoms with Crippen LogP contribution in [0.15, 0.2) is 84.9 Å². The highest BCUT2D eigenvalue weighted by Gasteiger charge is 2.51. The molecule has 4 aromatic rings. The van der Waals surface area contributed by atoms with Crippen LogP contribution in [0.4, 0.5) is 0 Å². The number of nitriles is 1. The van der Waals surface area contributed by atoms with Crippen LogP contribution in [0.1, 0.15) is 27.8 Å². The zero-order chi connectivity index (χ0) is 19.6. The van der Waals surface area contributed by atoms with Crippen LogP contribution in [0.25, 0.3) is 11.1 Å². The zero-order valence-corrected chi connectivity index (χ0v) is 16.1. The van der Waals surface area contributed by atoms with E-state index in [1.54, 1.807) is 0 Å². The molecular formula is C26H14ClNO. The van der Waals surface area contributed by atoms with E-state index in [1.165, 1.54) is 0 Å². The molecule has 0 saturated carbocycles. The molecular weight excluding hydrogens is 378 g/mol. The highest BCUT2D eigenvalue weighted by atomic mass is 35.5. The second kappa shape index (κ2) is 5.73. The smallest absolute Gasteiger partial charge is 0.132 e. The van der Waals surface area contributed by atoms with Gasteiger partial charge in [-0.25, -0.2) is 0 Å². The van der Waals surface area contributed by atoms with Crippen molar-refractivity contribution in [1.82, 2.24) is 0 Å². The summed E-state index contributed by atoms with van der Waals surface area (Å²) in [5, 5.41) is 10.2. The molecule has 136 valence electrons. The molecule has 1 aliphatic heterocycles. The second-order valence-electron chi connectivity index (χ2n) is 7.41. The number of ether oxygens (including phenoxy) is 1. The van der Waals surface area contributed by atoms with Gasteiger partial charge >= 0.3 is 0 Å². The molecule has 0 saturated heterocycles. The molecule has 6 rings (SSSR count). The van der Waals surface area contributed by atoms with E-state index in [1.807, 2.05) is 48.5 Å². The van der Waals surface area contributed by atoms with Gasteiger partial charge in [0.25, 0.3) is 0 Å². The predicted octanol–water partition coefficient (Wildman–Crippen LogP) is 6.68. The van der Waals surface area contributed by atoms with Crippen molar-refractivity contribution in [3.8, 4) is 28.7 Å². The summed E-state index contributed by atoms with van der Waals surface area (Å²) in [7, 11) is 0. The lowest BCUT2D eigenvalue weighted by Crippen LogP contribution is -2.32. The van der Waals surface area contributed by atoms with Crippen LogP contribution >= 0.6 is 11.6 Å². The average molecular weight is 392 g/mol. The molecule has 0 bridgehead atoms. The summed E-state index contributed by atoms with van der Waals surface area (Å²) >= 11 is 6.40. The van der Waals surface area contributed by atoms with Crippen LogP contribution < -0.4 is 4.74 Å². The molecule has 0 atom stereocenters. The minimum absolute atomic E-state index is 0.505.